The van der Waals surface area contributed by atoms with Crippen LogP contribution in [-0.4, -0.2) is 6.18 Å². The van der Waals surface area contributed by atoms with Crippen molar-refractivity contribution in [3.63, 3.8) is 0 Å². The maximum atomic E-state index is 13.5. The van der Waals surface area contributed by atoms with E-state index in [0.717, 1.165) is 5.56 Å². The molecule has 108 valence electrons. The Bertz CT molecular complexity index is 641. The Morgan fingerprint density at radius 2 is 1.33 bits per heavy atom. The van der Waals surface area contributed by atoms with Gasteiger partial charge in [-0.1, -0.05) is 66.7 Å². The van der Waals surface area contributed by atoms with Gasteiger partial charge in [-0.3, -0.25) is 0 Å². The molecule has 0 bridgehead atoms. The Hall–Kier alpha value is -2.03. The Morgan fingerprint density at radius 3 is 1.90 bits per heavy atom. The van der Waals surface area contributed by atoms with Crippen LogP contribution < -0.4 is 0 Å². The number of rotatable bonds is 4. The highest BCUT2D eigenvalue weighted by Gasteiger charge is 2.64. The van der Waals surface area contributed by atoms with Crippen molar-refractivity contribution in [1.29, 1.82) is 0 Å². The third kappa shape index (κ3) is 2.48. The van der Waals surface area contributed by atoms with Crippen LogP contribution in [0, 0.1) is 0 Å². The lowest BCUT2D eigenvalue weighted by atomic mass is 9.88. The van der Waals surface area contributed by atoms with Gasteiger partial charge in [-0.05, 0) is 29.5 Å². The van der Waals surface area contributed by atoms with Gasteiger partial charge in [0, 0.05) is 0 Å². The van der Waals surface area contributed by atoms with Gasteiger partial charge in [0.2, 0.25) is 0 Å². The first-order valence-electron chi connectivity index (χ1n) is 6.92. The number of alkyl halides is 3. The lowest BCUT2D eigenvalue weighted by Crippen LogP contribution is -2.32. The summed E-state index contributed by atoms with van der Waals surface area (Å²) in [6, 6.07) is 17.8. The summed E-state index contributed by atoms with van der Waals surface area (Å²) in [5.41, 5.74) is 0.0308. The molecule has 0 nitrogen and oxygen atoms in total. The quantitative estimate of drug-likeness (QED) is 0.690. The number of benzene rings is 2. The molecule has 0 saturated carbocycles. The molecule has 0 amide bonds. The molecular formula is C18H15F3. The van der Waals surface area contributed by atoms with Crippen molar-refractivity contribution >= 4 is 0 Å². The van der Waals surface area contributed by atoms with Gasteiger partial charge in [-0.2, -0.15) is 13.2 Å². The fourth-order valence-electron chi connectivity index (χ4n) is 2.82. The second kappa shape index (κ2) is 5.06. The molecule has 0 spiro atoms. The number of hydrogen-bond acceptors (Lipinski definition) is 0. The Morgan fingerprint density at radius 1 is 0.762 bits per heavy atom. The smallest absolute Gasteiger partial charge is 0.169 e. The average molecular weight is 288 g/mol. The van der Waals surface area contributed by atoms with Gasteiger partial charge in [0.15, 0.2) is 0 Å². The Labute approximate surface area is 121 Å². The second-order valence-electron chi connectivity index (χ2n) is 5.33. The summed E-state index contributed by atoms with van der Waals surface area (Å²) in [5, 5.41) is 0. The van der Waals surface area contributed by atoms with Crippen molar-refractivity contribution in [2.45, 2.75) is 24.4 Å². The maximum absolute atomic E-state index is 13.5. The molecule has 0 heterocycles. The predicted octanol–water partition coefficient (Wildman–Crippen LogP) is 5.06. The summed E-state index contributed by atoms with van der Waals surface area (Å²) in [6.45, 7) is 0. The van der Waals surface area contributed by atoms with Crippen molar-refractivity contribution in [2.24, 2.45) is 0 Å². The van der Waals surface area contributed by atoms with Crippen molar-refractivity contribution in [3.8, 4) is 0 Å². The van der Waals surface area contributed by atoms with Gasteiger partial charge in [0.05, 0.1) is 0 Å². The first-order chi connectivity index (χ1) is 10.0. The molecule has 0 fully saturated rings. The van der Waals surface area contributed by atoms with Crippen LogP contribution in [0.4, 0.5) is 13.2 Å². The van der Waals surface area contributed by atoms with Crippen LogP contribution in [0.2, 0.25) is 0 Å². The first kappa shape index (κ1) is 13.9. The fraction of sp³-hybridized carbons (Fsp3) is 0.222. The normalized spacial score (nSPS) is 21.0. The monoisotopic (exact) mass is 288 g/mol. The second-order valence-corrected chi connectivity index (χ2v) is 5.33. The minimum Gasteiger partial charge on any atom is -0.169 e. The SMILES string of the molecule is FC(F)(F)[C@@]1(c2ccccc2)C=C1CCc1ccccc1. The molecule has 0 aromatic heterocycles. The molecule has 3 rings (SSSR count). The van der Waals surface area contributed by atoms with Crippen molar-refractivity contribution in [2.75, 3.05) is 0 Å². The van der Waals surface area contributed by atoms with E-state index in [2.05, 4.69) is 0 Å². The van der Waals surface area contributed by atoms with Gasteiger partial charge in [-0.25, -0.2) is 0 Å². The summed E-state index contributed by atoms with van der Waals surface area (Å²) < 4.78 is 40.5. The summed E-state index contributed by atoms with van der Waals surface area (Å²) in [7, 11) is 0. The first-order valence-corrected chi connectivity index (χ1v) is 6.92. The third-order valence-electron chi connectivity index (χ3n) is 4.02. The minimum atomic E-state index is -4.26. The van der Waals surface area contributed by atoms with Crippen LogP contribution in [0.25, 0.3) is 0 Å². The maximum Gasteiger partial charge on any atom is 0.405 e. The van der Waals surface area contributed by atoms with E-state index in [1.54, 1.807) is 30.3 Å². The highest BCUT2D eigenvalue weighted by atomic mass is 19.4. The molecule has 21 heavy (non-hydrogen) atoms. The van der Waals surface area contributed by atoms with Gasteiger partial charge in [0.1, 0.15) is 5.41 Å². The molecule has 2 aromatic rings. The summed E-state index contributed by atoms with van der Waals surface area (Å²) in [5.74, 6) is 0. The lowest BCUT2D eigenvalue weighted by Gasteiger charge is -2.23. The molecule has 0 unspecified atom stereocenters. The van der Waals surface area contributed by atoms with Crippen LogP contribution >= 0.6 is 0 Å². The van der Waals surface area contributed by atoms with E-state index in [1.807, 2.05) is 30.3 Å². The van der Waals surface area contributed by atoms with Crippen molar-refractivity contribution in [3.05, 3.63) is 83.4 Å². The van der Waals surface area contributed by atoms with Gasteiger partial charge in [0.25, 0.3) is 0 Å². The summed E-state index contributed by atoms with van der Waals surface area (Å²) >= 11 is 0. The van der Waals surface area contributed by atoms with Crippen LogP contribution in [0.5, 0.6) is 0 Å². The van der Waals surface area contributed by atoms with E-state index < -0.39 is 11.6 Å². The Kier molecular flexibility index (Phi) is 3.36. The van der Waals surface area contributed by atoms with Gasteiger partial charge < -0.3 is 0 Å². The average Bonchev–Trinajstić information content (AvgIpc) is 3.23. The van der Waals surface area contributed by atoms with Crippen molar-refractivity contribution in [1.82, 2.24) is 0 Å². The van der Waals surface area contributed by atoms with Gasteiger partial charge >= 0.3 is 6.18 Å². The van der Waals surface area contributed by atoms with E-state index in [-0.39, 0.29) is 0 Å². The molecule has 0 radical (unpaired) electrons. The van der Waals surface area contributed by atoms with Crippen molar-refractivity contribution < 1.29 is 13.2 Å². The third-order valence-corrected chi connectivity index (χ3v) is 4.02. The molecule has 1 aliphatic carbocycles. The lowest BCUT2D eigenvalue weighted by molar-refractivity contribution is -0.155. The van der Waals surface area contributed by atoms with Crippen LogP contribution in [0.1, 0.15) is 17.5 Å². The van der Waals surface area contributed by atoms with E-state index >= 15 is 0 Å². The number of hydrogen-bond donors (Lipinski definition) is 0. The molecule has 1 aliphatic rings. The van der Waals surface area contributed by atoms with Crippen LogP contribution in [-0.2, 0) is 11.8 Å². The predicted molar refractivity (Wildman–Crippen MR) is 77.0 cm³/mol. The zero-order valence-electron chi connectivity index (χ0n) is 11.4. The summed E-state index contributed by atoms with van der Waals surface area (Å²) in [6.07, 6.45) is -1.82. The number of aryl methyl sites for hydroxylation is 1. The molecule has 0 N–H and O–H groups in total. The molecule has 0 aliphatic heterocycles. The zero-order chi connectivity index (χ0) is 14.9. The fourth-order valence-corrected chi connectivity index (χ4v) is 2.82. The zero-order valence-corrected chi connectivity index (χ0v) is 11.4. The number of halogens is 3. The minimum absolute atomic E-state index is 0.320. The standard InChI is InChI=1S/C18H15F3/c19-18(20,21)17(15-9-5-2-6-10-15)13-16(17)12-11-14-7-3-1-4-8-14/h1-10,13H,11-12H2/t17-/m1/s1. The van der Waals surface area contributed by atoms with Gasteiger partial charge in [-0.15, -0.1) is 0 Å². The van der Waals surface area contributed by atoms with E-state index in [0.29, 0.717) is 24.0 Å². The highest BCUT2D eigenvalue weighted by molar-refractivity contribution is 5.57. The summed E-state index contributed by atoms with van der Waals surface area (Å²) in [4.78, 5) is 0. The number of allylic oxidation sites excluding steroid dienone is 2. The Balaban J connectivity index is 1.78. The molecular weight excluding hydrogens is 273 g/mol. The highest BCUT2D eigenvalue weighted by Crippen LogP contribution is 2.58. The largest absolute Gasteiger partial charge is 0.405 e. The topological polar surface area (TPSA) is 0 Å². The molecule has 2 aromatic carbocycles. The van der Waals surface area contributed by atoms with E-state index in [9.17, 15) is 13.2 Å². The molecule has 0 saturated heterocycles. The van der Waals surface area contributed by atoms with E-state index in [1.165, 1.54) is 6.08 Å². The molecule has 1 atom stereocenters. The van der Waals surface area contributed by atoms with Crippen LogP contribution in [0.3, 0.4) is 0 Å². The molecule has 3 heteroatoms. The van der Waals surface area contributed by atoms with E-state index in [4.69, 9.17) is 0 Å². The van der Waals surface area contributed by atoms with Crippen LogP contribution in [0.15, 0.2) is 72.3 Å².